The van der Waals surface area contributed by atoms with Gasteiger partial charge < -0.3 is 15.0 Å². The lowest BCUT2D eigenvalue weighted by Crippen LogP contribution is -2.20. The van der Waals surface area contributed by atoms with E-state index in [0.717, 1.165) is 26.9 Å². The van der Waals surface area contributed by atoms with Crippen molar-refractivity contribution in [2.75, 3.05) is 17.9 Å². The lowest BCUT2D eigenvalue weighted by Gasteiger charge is -2.11. The van der Waals surface area contributed by atoms with E-state index >= 15 is 0 Å². The molecular weight excluding hydrogens is 485 g/mol. The first-order chi connectivity index (χ1) is 16.9. The van der Waals surface area contributed by atoms with Crippen LogP contribution in [0.1, 0.15) is 10.4 Å². The molecule has 0 radical (unpaired) electrons. The molecule has 3 aromatic carbocycles. The third-order valence-electron chi connectivity index (χ3n) is 5.64. The minimum absolute atomic E-state index is 0.120. The van der Waals surface area contributed by atoms with E-state index < -0.39 is 15.8 Å². The van der Waals surface area contributed by atoms with E-state index in [1.165, 1.54) is 23.5 Å². The monoisotopic (exact) mass is 509 g/mol. The summed E-state index contributed by atoms with van der Waals surface area (Å²) in [5.41, 5.74) is 2.41. The van der Waals surface area contributed by atoms with Crippen LogP contribution in [0.3, 0.4) is 0 Å². The van der Waals surface area contributed by atoms with E-state index in [0.29, 0.717) is 35.6 Å². The highest BCUT2D eigenvalue weighted by Gasteiger charge is 2.23. The summed E-state index contributed by atoms with van der Waals surface area (Å²) in [5, 5.41) is 4.76. The predicted octanol–water partition coefficient (Wildman–Crippen LogP) is 5.80. The van der Waals surface area contributed by atoms with Crippen LogP contribution in [-0.2, 0) is 16.6 Å². The van der Waals surface area contributed by atoms with Crippen molar-refractivity contribution in [3.63, 3.8) is 0 Å². The Kier molecular flexibility index (Phi) is 6.46. The minimum Gasteiger partial charge on any atom is -0.492 e. The number of anilines is 1. The van der Waals surface area contributed by atoms with Crippen molar-refractivity contribution >= 4 is 48.0 Å². The molecule has 0 atom stereocenters. The average molecular weight is 510 g/mol. The molecular formula is C26H24FN3O3S2. The van der Waals surface area contributed by atoms with Gasteiger partial charge >= 0.3 is 0 Å². The summed E-state index contributed by atoms with van der Waals surface area (Å²) in [7, 11) is -3.88. The van der Waals surface area contributed by atoms with E-state index in [1.54, 1.807) is 31.2 Å². The van der Waals surface area contributed by atoms with Crippen LogP contribution in [0, 0.1) is 12.7 Å². The van der Waals surface area contributed by atoms with E-state index in [-0.39, 0.29) is 4.90 Å². The predicted molar refractivity (Wildman–Crippen MR) is 139 cm³/mol. The highest BCUT2D eigenvalue weighted by Crippen LogP contribution is 2.35. The Morgan fingerprint density at radius 1 is 1.03 bits per heavy atom. The van der Waals surface area contributed by atoms with Crippen LogP contribution in [0.2, 0.25) is 0 Å². The van der Waals surface area contributed by atoms with Gasteiger partial charge in [0.15, 0.2) is 0 Å². The summed E-state index contributed by atoms with van der Waals surface area (Å²) in [6.45, 7) is 3.41. The van der Waals surface area contributed by atoms with E-state index in [9.17, 15) is 12.8 Å². The molecule has 6 nitrogen and oxygen atoms in total. The number of thiophene rings is 1. The van der Waals surface area contributed by atoms with Crippen molar-refractivity contribution in [3.05, 3.63) is 89.2 Å². The van der Waals surface area contributed by atoms with Gasteiger partial charge in [0.1, 0.15) is 23.1 Å². The molecule has 0 aliphatic carbocycles. The molecule has 180 valence electrons. The van der Waals surface area contributed by atoms with Gasteiger partial charge in [-0.2, -0.15) is 0 Å². The lowest BCUT2D eigenvalue weighted by atomic mass is 10.2. The van der Waals surface area contributed by atoms with Crippen LogP contribution in [0.25, 0.3) is 21.0 Å². The van der Waals surface area contributed by atoms with Crippen molar-refractivity contribution in [2.45, 2.75) is 18.4 Å². The normalized spacial score (nSPS) is 11.8. The van der Waals surface area contributed by atoms with Gasteiger partial charge in [0.25, 0.3) is 10.0 Å². The number of hydrogen-bond acceptors (Lipinski definition) is 5. The number of aromatic nitrogens is 1. The number of halogens is 1. The second kappa shape index (κ2) is 9.69. The molecule has 0 unspecified atom stereocenters. The standard InChI is InChI=1S/C26H24FN3O3S2/c1-17-26(22-15-19(27)8-9-25(22)34-17)35(31,32)30-20-5-2-4-18(14-20)16-28-12-13-33-24-7-3-6-23-21(24)10-11-29-23/h2-11,14-15,28-30H,12-13,16H2,1H3. The second-order valence-corrected chi connectivity index (χ2v) is 11.0. The van der Waals surface area contributed by atoms with Crippen molar-refractivity contribution in [2.24, 2.45) is 0 Å². The van der Waals surface area contributed by atoms with E-state index in [1.807, 2.05) is 36.5 Å². The zero-order valence-electron chi connectivity index (χ0n) is 19.0. The molecule has 0 amide bonds. The average Bonchev–Trinajstić information content (AvgIpc) is 3.43. The van der Waals surface area contributed by atoms with Crippen LogP contribution >= 0.6 is 11.3 Å². The van der Waals surface area contributed by atoms with Gasteiger partial charge in [-0.3, -0.25) is 4.72 Å². The molecule has 5 aromatic rings. The summed E-state index contributed by atoms with van der Waals surface area (Å²) in [5.74, 6) is 0.367. The molecule has 0 bridgehead atoms. The summed E-state index contributed by atoms with van der Waals surface area (Å²) >= 11 is 1.33. The fourth-order valence-electron chi connectivity index (χ4n) is 4.10. The first-order valence-corrected chi connectivity index (χ1v) is 13.4. The summed E-state index contributed by atoms with van der Waals surface area (Å²) in [4.78, 5) is 3.90. The van der Waals surface area contributed by atoms with Crippen molar-refractivity contribution in [1.29, 1.82) is 0 Å². The third kappa shape index (κ3) is 5.02. The van der Waals surface area contributed by atoms with Gasteiger partial charge in [-0.05, 0) is 61.0 Å². The van der Waals surface area contributed by atoms with E-state index in [2.05, 4.69) is 15.0 Å². The molecule has 2 aromatic heterocycles. The molecule has 2 heterocycles. The SMILES string of the molecule is Cc1sc2ccc(F)cc2c1S(=O)(=O)Nc1cccc(CNCCOc2cccc3[nH]ccc23)c1. The van der Waals surface area contributed by atoms with Crippen LogP contribution in [-0.4, -0.2) is 26.6 Å². The van der Waals surface area contributed by atoms with Gasteiger partial charge in [0, 0.05) is 50.8 Å². The molecule has 0 aliphatic rings. The largest absolute Gasteiger partial charge is 0.492 e. The zero-order chi connectivity index (χ0) is 24.4. The summed E-state index contributed by atoms with van der Waals surface area (Å²) in [6, 6.07) is 19.3. The smallest absolute Gasteiger partial charge is 0.263 e. The van der Waals surface area contributed by atoms with Gasteiger partial charge in [-0.1, -0.05) is 18.2 Å². The third-order valence-corrected chi connectivity index (χ3v) is 8.42. The number of hydrogen-bond donors (Lipinski definition) is 3. The van der Waals surface area contributed by atoms with Crippen molar-refractivity contribution < 1.29 is 17.5 Å². The highest BCUT2D eigenvalue weighted by atomic mass is 32.2. The second-order valence-electron chi connectivity index (χ2n) is 8.15. The number of H-pyrrole nitrogens is 1. The quantitative estimate of drug-likeness (QED) is 0.219. The molecule has 5 rings (SSSR count). The molecule has 0 saturated carbocycles. The van der Waals surface area contributed by atoms with Crippen LogP contribution in [0.5, 0.6) is 5.75 Å². The Morgan fingerprint density at radius 2 is 1.89 bits per heavy atom. The number of aryl methyl sites for hydroxylation is 1. The molecule has 35 heavy (non-hydrogen) atoms. The Balaban J connectivity index is 1.21. The summed E-state index contributed by atoms with van der Waals surface area (Å²) in [6.07, 6.45) is 1.89. The molecule has 0 saturated heterocycles. The number of sulfonamides is 1. The van der Waals surface area contributed by atoms with E-state index in [4.69, 9.17) is 4.74 Å². The Labute approximate surface area is 206 Å². The lowest BCUT2D eigenvalue weighted by molar-refractivity contribution is 0.317. The number of aromatic amines is 1. The first-order valence-electron chi connectivity index (χ1n) is 11.1. The fraction of sp³-hybridized carbons (Fsp3) is 0.154. The van der Waals surface area contributed by atoms with Gasteiger partial charge in [-0.15, -0.1) is 11.3 Å². The Hall–Kier alpha value is -3.40. The molecule has 0 fully saturated rings. The molecule has 0 spiro atoms. The number of rotatable bonds is 9. The maximum Gasteiger partial charge on any atom is 0.263 e. The number of fused-ring (bicyclic) bond motifs is 2. The number of nitrogens with one attached hydrogen (secondary N) is 3. The fourth-order valence-corrected chi connectivity index (χ4v) is 6.94. The molecule has 0 aliphatic heterocycles. The van der Waals surface area contributed by atoms with Gasteiger partial charge in [0.05, 0.1) is 0 Å². The topological polar surface area (TPSA) is 83.2 Å². The van der Waals surface area contributed by atoms with Crippen molar-refractivity contribution in [3.8, 4) is 5.75 Å². The maximum absolute atomic E-state index is 13.8. The van der Waals surface area contributed by atoms with Crippen molar-refractivity contribution in [1.82, 2.24) is 10.3 Å². The molecule has 9 heteroatoms. The Morgan fingerprint density at radius 3 is 2.77 bits per heavy atom. The number of ether oxygens (including phenoxy) is 1. The first kappa shape index (κ1) is 23.3. The van der Waals surface area contributed by atoms with Crippen LogP contribution < -0.4 is 14.8 Å². The highest BCUT2D eigenvalue weighted by molar-refractivity contribution is 7.93. The zero-order valence-corrected chi connectivity index (χ0v) is 20.6. The van der Waals surface area contributed by atoms with Gasteiger partial charge in [-0.25, -0.2) is 12.8 Å². The Bertz CT molecular complexity index is 1610. The van der Waals surface area contributed by atoms with Crippen LogP contribution in [0.15, 0.2) is 77.8 Å². The summed E-state index contributed by atoms with van der Waals surface area (Å²) < 4.78 is 49.4. The van der Waals surface area contributed by atoms with Crippen LogP contribution in [0.4, 0.5) is 10.1 Å². The maximum atomic E-state index is 13.8. The van der Waals surface area contributed by atoms with Gasteiger partial charge in [0.2, 0.25) is 0 Å². The molecule has 3 N–H and O–H groups in total. The minimum atomic E-state index is -3.88. The number of benzene rings is 3.